The van der Waals surface area contributed by atoms with Gasteiger partial charge in [0.1, 0.15) is 0 Å². The maximum atomic E-state index is 12.8. The van der Waals surface area contributed by atoms with E-state index in [9.17, 15) is 9.59 Å². The molecule has 4 nitrogen and oxygen atoms in total. The van der Waals surface area contributed by atoms with Crippen LogP contribution in [0.1, 0.15) is 33.2 Å². The van der Waals surface area contributed by atoms with Crippen LogP contribution in [-0.4, -0.2) is 16.7 Å². The van der Waals surface area contributed by atoms with Gasteiger partial charge in [0.05, 0.1) is 5.69 Å². The van der Waals surface area contributed by atoms with E-state index in [0.29, 0.717) is 33.2 Å². The van der Waals surface area contributed by atoms with Crippen LogP contribution in [0, 0.1) is 0 Å². The summed E-state index contributed by atoms with van der Waals surface area (Å²) in [6, 6.07) is 23.4. The van der Waals surface area contributed by atoms with E-state index in [1.807, 2.05) is 36.4 Å². The minimum Gasteiger partial charge on any atom is -0.332 e. The molecule has 0 radical (unpaired) electrons. The molecule has 0 aromatic heterocycles. The van der Waals surface area contributed by atoms with Crippen molar-refractivity contribution in [2.24, 2.45) is 0 Å². The van der Waals surface area contributed by atoms with Crippen LogP contribution in [0.3, 0.4) is 0 Å². The van der Waals surface area contributed by atoms with Gasteiger partial charge in [0.25, 0.3) is 0 Å². The molecule has 0 unspecified atom stereocenters. The molecule has 0 aliphatic rings. The summed E-state index contributed by atoms with van der Waals surface area (Å²) in [5.74, 6) is -0.101. The second-order valence-corrected chi connectivity index (χ2v) is 6.37. The van der Waals surface area contributed by atoms with Crippen molar-refractivity contribution in [3.8, 4) is 0 Å². The molecule has 0 aliphatic heterocycles. The molecule has 0 aliphatic carbocycles. The van der Waals surface area contributed by atoms with Crippen LogP contribution >= 0.6 is 12.2 Å². The Bertz CT molecular complexity index is 1000. The number of carbonyl (C=O) groups is 2. The van der Waals surface area contributed by atoms with Gasteiger partial charge >= 0.3 is 0 Å². The van der Waals surface area contributed by atoms with E-state index in [2.05, 4.69) is 10.6 Å². The van der Waals surface area contributed by atoms with Crippen LogP contribution in [0.5, 0.6) is 0 Å². The number of Topliss-reactive ketones (excluding diaryl/α,β-unsaturated/α-hetero) is 1. The number of benzene rings is 3. The summed E-state index contributed by atoms with van der Waals surface area (Å²) in [6.45, 7) is 1.52. The van der Waals surface area contributed by atoms with E-state index in [-0.39, 0.29) is 11.6 Å². The van der Waals surface area contributed by atoms with Crippen LogP contribution in [0.25, 0.3) is 0 Å². The molecule has 2 N–H and O–H groups in total. The van der Waals surface area contributed by atoms with Crippen LogP contribution in [0.2, 0.25) is 0 Å². The Morgan fingerprint density at radius 3 is 2.19 bits per heavy atom. The van der Waals surface area contributed by atoms with Crippen molar-refractivity contribution in [1.29, 1.82) is 0 Å². The Balaban J connectivity index is 1.78. The summed E-state index contributed by atoms with van der Waals surface area (Å²) in [7, 11) is 0. The van der Waals surface area contributed by atoms with E-state index in [1.165, 1.54) is 6.92 Å². The Hall–Kier alpha value is -3.31. The highest BCUT2D eigenvalue weighted by atomic mass is 32.1. The molecule has 0 bridgehead atoms. The van der Waals surface area contributed by atoms with E-state index in [0.717, 1.165) is 0 Å². The highest BCUT2D eigenvalue weighted by Gasteiger charge is 2.14. The van der Waals surface area contributed by atoms with Crippen molar-refractivity contribution in [2.75, 3.05) is 10.6 Å². The fraction of sp³-hybridized carbons (Fsp3) is 0.0455. The zero-order valence-electron chi connectivity index (χ0n) is 14.7. The van der Waals surface area contributed by atoms with Gasteiger partial charge in [-0.25, -0.2) is 0 Å². The van der Waals surface area contributed by atoms with Crippen LogP contribution in [0.15, 0.2) is 78.9 Å². The molecule has 0 atom stereocenters. The third kappa shape index (κ3) is 4.65. The van der Waals surface area contributed by atoms with Gasteiger partial charge < -0.3 is 10.6 Å². The SMILES string of the molecule is CC(=O)c1cccc(NC(=S)Nc2ccccc2C(=O)c2ccccc2)c1. The van der Waals surface area contributed by atoms with E-state index < -0.39 is 0 Å². The fourth-order valence-corrected chi connectivity index (χ4v) is 2.86. The molecule has 0 amide bonds. The highest BCUT2D eigenvalue weighted by molar-refractivity contribution is 7.80. The lowest BCUT2D eigenvalue weighted by Gasteiger charge is -2.14. The van der Waals surface area contributed by atoms with Gasteiger partial charge in [-0.3, -0.25) is 9.59 Å². The second kappa shape index (κ2) is 8.38. The molecule has 27 heavy (non-hydrogen) atoms. The number of anilines is 2. The van der Waals surface area contributed by atoms with Crippen molar-refractivity contribution in [1.82, 2.24) is 0 Å². The summed E-state index contributed by atoms with van der Waals surface area (Å²) in [5.41, 5.74) is 3.06. The Labute approximate surface area is 163 Å². The minimum atomic E-state index is -0.0833. The van der Waals surface area contributed by atoms with Gasteiger partial charge in [-0.05, 0) is 43.4 Å². The molecule has 3 aromatic rings. The lowest BCUT2D eigenvalue weighted by Crippen LogP contribution is -2.21. The zero-order chi connectivity index (χ0) is 19.2. The predicted molar refractivity (Wildman–Crippen MR) is 113 cm³/mol. The van der Waals surface area contributed by atoms with Crippen molar-refractivity contribution >= 4 is 40.3 Å². The number of hydrogen-bond donors (Lipinski definition) is 2. The molecular formula is C22H18N2O2S. The average molecular weight is 374 g/mol. The summed E-state index contributed by atoms with van der Waals surface area (Å²) in [5, 5.41) is 6.46. The molecule has 0 saturated heterocycles. The topological polar surface area (TPSA) is 58.2 Å². The van der Waals surface area contributed by atoms with Gasteiger partial charge in [-0.15, -0.1) is 0 Å². The molecule has 0 heterocycles. The summed E-state index contributed by atoms with van der Waals surface area (Å²) < 4.78 is 0. The minimum absolute atomic E-state index is 0.0173. The third-order valence-corrected chi connectivity index (χ3v) is 4.19. The van der Waals surface area contributed by atoms with Crippen molar-refractivity contribution < 1.29 is 9.59 Å². The second-order valence-electron chi connectivity index (χ2n) is 5.96. The largest absolute Gasteiger partial charge is 0.332 e. The van der Waals surface area contributed by atoms with E-state index in [1.54, 1.807) is 42.5 Å². The van der Waals surface area contributed by atoms with Gasteiger partial charge in [0.15, 0.2) is 16.7 Å². The number of hydrogen-bond acceptors (Lipinski definition) is 3. The zero-order valence-corrected chi connectivity index (χ0v) is 15.5. The molecule has 0 spiro atoms. The monoisotopic (exact) mass is 374 g/mol. The molecule has 5 heteroatoms. The van der Waals surface area contributed by atoms with Crippen LogP contribution in [0.4, 0.5) is 11.4 Å². The number of carbonyl (C=O) groups excluding carboxylic acids is 2. The summed E-state index contributed by atoms with van der Waals surface area (Å²) in [6.07, 6.45) is 0. The fourth-order valence-electron chi connectivity index (χ4n) is 2.64. The Kier molecular flexibility index (Phi) is 5.74. The average Bonchev–Trinajstić information content (AvgIpc) is 2.68. The predicted octanol–water partition coefficient (Wildman–Crippen LogP) is 4.93. The maximum Gasteiger partial charge on any atom is 0.195 e. The smallest absolute Gasteiger partial charge is 0.195 e. The molecule has 0 saturated carbocycles. The summed E-state index contributed by atoms with van der Waals surface area (Å²) in [4.78, 5) is 24.3. The standard InChI is InChI=1S/C22H18N2O2S/c1-15(25)17-10-7-11-18(14-17)23-22(27)24-20-13-6-5-12-19(20)21(26)16-8-3-2-4-9-16/h2-14H,1H3,(H2,23,24,27). The lowest BCUT2D eigenvalue weighted by atomic mass is 10.0. The molecular weight excluding hydrogens is 356 g/mol. The first-order valence-corrected chi connectivity index (χ1v) is 8.83. The first kappa shape index (κ1) is 18.5. The van der Waals surface area contributed by atoms with Gasteiger partial charge in [0.2, 0.25) is 0 Å². The van der Waals surface area contributed by atoms with Gasteiger partial charge in [-0.2, -0.15) is 0 Å². The molecule has 3 rings (SSSR count). The van der Waals surface area contributed by atoms with Crippen molar-refractivity contribution in [3.63, 3.8) is 0 Å². The number of para-hydroxylation sites is 1. The first-order chi connectivity index (χ1) is 13.0. The molecule has 3 aromatic carbocycles. The van der Waals surface area contributed by atoms with Crippen LogP contribution in [-0.2, 0) is 0 Å². The maximum absolute atomic E-state index is 12.8. The van der Waals surface area contributed by atoms with E-state index in [4.69, 9.17) is 12.2 Å². The Morgan fingerprint density at radius 2 is 1.44 bits per heavy atom. The third-order valence-electron chi connectivity index (χ3n) is 3.98. The number of rotatable bonds is 5. The molecule has 134 valence electrons. The normalized spacial score (nSPS) is 10.1. The number of thiocarbonyl (C=S) groups is 1. The first-order valence-electron chi connectivity index (χ1n) is 8.42. The van der Waals surface area contributed by atoms with E-state index >= 15 is 0 Å². The molecule has 0 fully saturated rings. The Morgan fingerprint density at radius 1 is 0.778 bits per heavy atom. The van der Waals surface area contributed by atoms with Crippen molar-refractivity contribution in [2.45, 2.75) is 6.92 Å². The lowest BCUT2D eigenvalue weighted by molar-refractivity contribution is 0.101. The van der Waals surface area contributed by atoms with Gasteiger partial charge in [0, 0.05) is 22.4 Å². The quantitative estimate of drug-likeness (QED) is 0.490. The van der Waals surface area contributed by atoms with Gasteiger partial charge in [-0.1, -0.05) is 54.6 Å². The number of nitrogens with one attached hydrogen (secondary N) is 2. The summed E-state index contributed by atoms with van der Waals surface area (Å²) >= 11 is 5.37. The van der Waals surface area contributed by atoms with Crippen molar-refractivity contribution in [3.05, 3.63) is 95.6 Å². The highest BCUT2D eigenvalue weighted by Crippen LogP contribution is 2.20. The number of ketones is 2. The van der Waals surface area contributed by atoms with Crippen LogP contribution < -0.4 is 10.6 Å².